The Bertz CT molecular complexity index is 1260. The largest absolute Gasteiger partial charge is 0.481 e. The standard InChI is InChI=1S/C27H26F2N4O3/c28-20-7-10-22(29)23(14-20)31-27(36)24-15-33-16-32(12-11-25(33)30-24)21-8-5-19(6-9-21)18-3-1-17(2-4-18)13-26(34)35/h5-12,14-15,17-18H,1-4,13,16H2,(H,31,36)(H,34,35)/p+1. The van der Waals surface area contributed by atoms with Crippen LogP contribution in [0.2, 0.25) is 0 Å². The van der Waals surface area contributed by atoms with Crippen molar-refractivity contribution in [2.45, 2.75) is 38.0 Å². The van der Waals surface area contributed by atoms with E-state index in [9.17, 15) is 18.4 Å². The first-order valence-electron chi connectivity index (χ1n) is 12.1. The molecule has 1 amide bonds. The topological polar surface area (TPSA) is 86.4 Å². The molecule has 186 valence electrons. The van der Waals surface area contributed by atoms with Crippen LogP contribution in [0.15, 0.2) is 71.6 Å². The van der Waals surface area contributed by atoms with E-state index in [-0.39, 0.29) is 23.7 Å². The van der Waals surface area contributed by atoms with Gasteiger partial charge in [-0.3, -0.25) is 14.5 Å². The zero-order chi connectivity index (χ0) is 25.2. The Morgan fingerprint density at radius 3 is 2.56 bits per heavy atom. The Labute approximate surface area is 207 Å². The Kier molecular flexibility index (Phi) is 6.65. The number of nitrogens with zero attached hydrogens (tertiary/aromatic N) is 2. The quantitative estimate of drug-likeness (QED) is 0.572. The molecule has 1 fully saturated rings. The van der Waals surface area contributed by atoms with Crippen LogP contribution in [0.4, 0.5) is 20.2 Å². The maximum atomic E-state index is 13.9. The number of hydrogen-bond acceptors (Lipinski definition) is 4. The number of rotatable bonds is 6. The van der Waals surface area contributed by atoms with Crippen molar-refractivity contribution >= 4 is 29.1 Å². The molecule has 36 heavy (non-hydrogen) atoms. The molecule has 0 spiro atoms. The molecule has 3 aliphatic rings. The highest BCUT2D eigenvalue weighted by Gasteiger charge is 2.31. The molecule has 1 atom stereocenters. The number of amides is 1. The fourth-order valence-corrected chi connectivity index (χ4v) is 5.10. The van der Waals surface area contributed by atoms with Gasteiger partial charge in [-0.25, -0.2) is 13.7 Å². The molecule has 7 nitrogen and oxygen atoms in total. The smallest absolute Gasteiger partial charge is 0.303 e. The lowest BCUT2D eigenvalue weighted by Gasteiger charge is -2.29. The number of halogens is 2. The molecule has 1 saturated carbocycles. The summed E-state index contributed by atoms with van der Waals surface area (Å²) in [6.45, 7) is 0.528. The maximum Gasteiger partial charge on any atom is 0.303 e. The molecule has 2 heterocycles. The number of carboxylic acid groups (broad SMARTS) is 1. The summed E-state index contributed by atoms with van der Waals surface area (Å²) in [7, 11) is 0. The van der Waals surface area contributed by atoms with Gasteiger partial charge in [-0.15, -0.1) is 0 Å². The van der Waals surface area contributed by atoms with Crippen molar-refractivity contribution in [2.24, 2.45) is 10.9 Å². The number of amidine groups is 1. The van der Waals surface area contributed by atoms with E-state index in [0.717, 1.165) is 54.5 Å². The Balaban J connectivity index is 1.20. The summed E-state index contributed by atoms with van der Waals surface area (Å²) in [5, 5.41) is 11.4. The van der Waals surface area contributed by atoms with Crippen molar-refractivity contribution in [1.29, 1.82) is 0 Å². The van der Waals surface area contributed by atoms with Gasteiger partial charge in [-0.05, 0) is 67.3 Å². The Morgan fingerprint density at radius 2 is 1.83 bits per heavy atom. The number of carbonyl (C=O) groups excluding carboxylic acids is 1. The van der Waals surface area contributed by atoms with Gasteiger partial charge in [0.1, 0.15) is 17.8 Å². The van der Waals surface area contributed by atoms with Gasteiger partial charge in [0.2, 0.25) is 5.84 Å². The number of nitrogens with one attached hydrogen (secondary N) is 2. The molecule has 2 aliphatic heterocycles. The van der Waals surface area contributed by atoms with E-state index < -0.39 is 23.5 Å². The third kappa shape index (κ3) is 5.21. The number of carboxylic acids is 1. The highest BCUT2D eigenvalue weighted by atomic mass is 19.1. The molecule has 0 radical (unpaired) electrons. The number of aliphatic imine (C=N–C) groups is 1. The highest BCUT2D eigenvalue weighted by molar-refractivity contribution is 6.06. The van der Waals surface area contributed by atoms with E-state index in [4.69, 9.17) is 5.11 Å². The third-order valence-electron chi connectivity index (χ3n) is 7.05. The van der Waals surface area contributed by atoms with Crippen LogP contribution < -0.4 is 15.1 Å². The molecule has 5 rings (SSSR count). The lowest BCUT2D eigenvalue weighted by atomic mass is 9.77. The molecular weight excluding hydrogens is 466 g/mol. The molecule has 1 unspecified atom stereocenters. The van der Waals surface area contributed by atoms with Crippen LogP contribution >= 0.6 is 0 Å². The summed E-state index contributed by atoms with van der Waals surface area (Å²) in [5.74, 6) is -1.27. The van der Waals surface area contributed by atoms with Crippen LogP contribution in [0.25, 0.3) is 0 Å². The number of carbonyl (C=O) groups is 2. The van der Waals surface area contributed by atoms with Crippen LogP contribution in [0, 0.1) is 17.6 Å². The average Bonchev–Trinajstić information content (AvgIpc) is 3.30. The van der Waals surface area contributed by atoms with Gasteiger partial charge in [-0.1, -0.05) is 12.1 Å². The van der Waals surface area contributed by atoms with Gasteiger partial charge in [0.15, 0.2) is 12.4 Å². The summed E-state index contributed by atoms with van der Waals surface area (Å²) in [5.41, 5.74) is 2.19. The predicted octanol–water partition coefficient (Wildman–Crippen LogP) is 3.78. The molecule has 9 heteroatoms. The zero-order valence-electron chi connectivity index (χ0n) is 19.6. The predicted molar refractivity (Wildman–Crippen MR) is 131 cm³/mol. The second-order valence-corrected chi connectivity index (χ2v) is 9.48. The second kappa shape index (κ2) is 10.0. The van der Waals surface area contributed by atoms with Gasteiger partial charge >= 0.3 is 5.97 Å². The van der Waals surface area contributed by atoms with Gasteiger partial charge < -0.3 is 10.4 Å². The maximum absolute atomic E-state index is 13.9. The lowest BCUT2D eigenvalue weighted by Crippen LogP contribution is -3.11. The number of aliphatic carboxylic acids is 1. The molecule has 2 aromatic rings. The third-order valence-corrected chi connectivity index (χ3v) is 7.05. The summed E-state index contributed by atoms with van der Waals surface area (Å²) in [6, 6.07) is 11.3. The van der Waals surface area contributed by atoms with Gasteiger partial charge in [-0.2, -0.15) is 4.99 Å². The van der Waals surface area contributed by atoms with Crippen LogP contribution in [-0.2, 0) is 9.59 Å². The van der Waals surface area contributed by atoms with Crippen molar-refractivity contribution in [3.05, 3.63) is 83.8 Å². The minimum atomic E-state index is -0.719. The SMILES string of the molecule is O=C(O)CC1CCC(c2ccc(N3C=CC4=NC(C(=O)Nc5cc(F)ccc5F)=C[NH+]4C3)cc2)CC1. The number of anilines is 2. The van der Waals surface area contributed by atoms with Crippen LogP contribution in [-0.4, -0.2) is 29.5 Å². The fraction of sp³-hybridized carbons (Fsp3) is 0.296. The number of hydrogen-bond donors (Lipinski definition) is 3. The summed E-state index contributed by atoms with van der Waals surface area (Å²) < 4.78 is 27.3. The second-order valence-electron chi connectivity index (χ2n) is 9.48. The molecule has 0 bridgehead atoms. The van der Waals surface area contributed by atoms with E-state index >= 15 is 0 Å². The van der Waals surface area contributed by atoms with Crippen molar-refractivity contribution in [2.75, 3.05) is 16.9 Å². The van der Waals surface area contributed by atoms with Crippen molar-refractivity contribution < 1.29 is 28.4 Å². The molecule has 1 aliphatic carbocycles. The average molecular weight is 494 g/mol. The Hall–Kier alpha value is -3.85. The highest BCUT2D eigenvalue weighted by Crippen LogP contribution is 2.37. The first kappa shape index (κ1) is 23.9. The zero-order valence-corrected chi connectivity index (χ0v) is 19.6. The van der Waals surface area contributed by atoms with E-state index in [1.54, 1.807) is 6.20 Å². The first-order valence-corrected chi connectivity index (χ1v) is 12.1. The minimum Gasteiger partial charge on any atom is -0.481 e. The van der Waals surface area contributed by atoms with E-state index in [1.807, 2.05) is 12.3 Å². The van der Waals surface area contributed by atoms with Crippen LogP contribution in [0.3, 0.4) is 0 Å². The van der Waals surface area contributed by atoms with Gasteiger partial charge in [0.05, 0.1) is 5.69 Å². The van der Waals surface area contributed by atoms with Crippen molar-refractivity contribution in [3.63, 3.8) is 0 Å². The van der Waals surface area contributed by atoms with Crippen molar-refractivity contribution in [1.82, 2.24) is 0 Å². The summed E-state index contributed by atoms with van der Waals surface area (Å²) in [6.07, 6.45) is 9.58. The molecule has 0 aromatic heterocycles. The first-order chi connectivity index (χ1) is 17.4. The molecule has 3 N–H and O–H groups in total. The van der Waals surface area contributed by atoms with E-state index in [2.05, 4.69) is 39.5 Å². The van der Waals surface area contributed by atoms with Crippen LogP contribution in [0.5, 0.6) is 0 Å². The number of quaternary nitrogens is 1. The number of benzene rings is 2. The summed E-state index contributed by atoms with van der Waals surface area (Å²) >= 11 is 0. The normalized spacial score (nSPS) is 23.1. The monoisotopic (exact) mass is 493 g/mol. The molecular formula is C27H27F2N4O3+. The van der Waals surface area contributed by atoms with E-state index in [1.165, 1.54) is 5.56 Å². The van der Waals surface area contributed by atoms with Gasteiger partial charge in [0, 0.05) is 30.5 Å². The summed E-state index contributed by atoms with van der Waals surface area (Å²) in [4.78, 5) is 30.8. The van der Waals surface area contributed by atoms with Gasteiger partial charge in [0.25, 0.3) is 5.91 Å². The van der Waals surface area contributed by atoms with E-state index in [0.29, 0.717) is 18.4 Å². The fourth-order valence-electron chi connectivity index (χ4n) is 5.10. The molecule has 2 aromatic carbocycles. The molecule has 0 saturated heterocycles. The Morgan fingerprint density at radius 1 is 1.08 bits per heavy atom. The minimum absolute atomic E-state index is 0.143. The number of fused-ring (bicyclic) bond motifs is 1. The van der Waals surface area contributed by atoms with Crippen LogP contribution in [0.1, 0.15) is 43.6 Å². The lowest BCUT2D eigenvalue weighted by molar-refractivity contribution is -0.742. The van der Waals surface area contributed by atoms with Crippen molar-refractivity contribution in [3.8, 4) is 0 Å².